The van der Waals surface area contributed by atoms with E-state index in [1.807, 2.05) is 43.3 Å². The predicted molar refractivity (Wildman–Crippen MR) is 125 cm³/mol. The fraction of sp³-hybridized carbons (Fsp3) is 0.357. The van der Waals surface area contributed by atoms with E-state index in [9.17, 15) is 0 Å². The van der Waals surface area contributed by atoms with Crippen molar-refractivity contribution >= 4 is 0 Å². The molecule has 0 aliphatic carbocycles. The van der Waals surface area contributed by atoms with E-state index in [2.05, 4.69) is 63.2 Å². The number of ether oxygens (including phenoxy) is 2. The smallest absolute Gasteiger partial charge is 0.127 e. The number of rotatable bonds is 10. The van der Waals surface area contributed by atoms with Crippen LogP contribution in [0.25, 0.3) is 0 Å². The van der Waals surface area contributed by atoms with Crippen molar-refractivity contribution in [3.63, 3.8) is 0 Å². The van der Waals surface area contributed by atoms with Crippen LogP contribution in [0.3, 0.4) is 0 Å². The summed E-state index contributed by atoms with van der Waals surface area (Å²) in [4.78, 5) is 0. The third kappa shape index (κ3) is 6.21. The molecule has 0 aliphatic rings. The zero-order chi connectivity index (χ0) is 21.4. The fourth-order valence-electron chi connectivity index (χ4n) is 3.82. The highest BCUT2D eigenvalue weighted by atomic mass is 16.5. The van der Waals surface area contributed by atoms with Gasteiger partial charge in [0, 0.05) is 6.61 Å². The lowest BCUT2D eigenvalue weighted by molar-refractivity contribution is 0.0764. The van der Waals surface area contributed by atoms with Gasteiger partial charge in [-0.2, -0.15) is 0 Å². The monoisotopic (exact) mass is 402 g/mol. The molecular weight excluding hydrogens is 368 g/mol. The third-order valence-electron chi connectivity index (χ3n) is 5.72. The van der Waals surface area contributed by atoms with Gasteiger partial charge >= 0.3 is 0 Å². The van der Waals surface area contributed by atoms with Crippen molar-refractivity contribution in [2.45, 2.75) is 58.5 Å². The van der Waals surface area contributed by atoms with Gasteiger partial charge in [0.05, 0.1) is 6.10 Å². The molecular formula is C28H34O2. The lowest BCUT2D eigenvalue weighted by atomic mass is 9.79. The average molecular weight is 403 g/mol. The predicted octanol–water partition coefficient (Wildman–Crippen LogP) is 7.88. The molecule has 0 aromatic heterocycles. The molecule has 1 unspecified atom stereocenters. The molecule has 0 heterocycles. The van der Waals surface area contributed by atoms with E-state index in [4.69, 9.17) is 9.47 Å². The molecule has 30 heavy (non-hydrogen) atoms. The molecule has 2 heteroatoms. The Kier molecular flexibility index (Phi) is 7.70. The maximum Gasteiger partial charge on any atom is 0.127 e. The van der Waals surface area contributed by atoms with Gasteiger partial charge in [0.1, 0.15) is 11.5 Å². The van der Waals surface area contributed by atoms with E-state index in [1.54, 1.807) is 0 Å². The topological polar surface area (TPSA) is 18.5 Å². The minimum atomic E-state index is 0.144. The number of hydrogen-bond donors (Lipinski definition) is 0. The van der Waals surface area contributed by atoms with Gasteiger partial charge in [-0.1, -0.05) is 68.4 Å². The second-order valence-corrected chi connectivity index (χ2v) is 8.52. The molecule has 0 aliphatic heterocycles. The van der Waals surface area contributed by atoms with Crippen LogP contribution in [0.2, 0.25) is 0 Å². The van der Waals surface area contributed by atoms with Gasteiger partial charge in [-0.25, -0.2) is 0 Å². The first kappa shape index (κ1) is 22.1. The molecule has 0 saturated heterocycles. The molecule has 0 amide bonds. The first-order valence-electron chi connectivity index (χ1n) is 11.0. The highest BCUT2D eigenvalue weighted by Gasteiger charge is 2.20. The SMILES string of the molecule is CCOC(C)c1ccc(C(C)(C)CCCc2cccc(Oc3ccccc3)c2)cc1. The fourth-order valence-corrected chi connectivity index (χ4v) is 3.82. The van der Waals surface area contributed by atoms with Crippen LogP contribution in [0, 0.1) is 0 Å². The molecule has 0 spiro atoms. The van der Waals surface area contributed by atoms with E-state index in [1.165, 1.54) is 16.7 Å². The van der Waals surface area contributed by atoms with Crippen LogP contribution < -0.4 is 4.74 Å². The van der Waals surface area contributed by atoms with Crippen LogP contribution in [-0.4, -0.2) is 6.61 Å². The molecule has 158 valence electrons. The van der Waals surface area contributed by atoms with Gasteiger partial charge in [-0.3, -0.25) is 0 Å². The van der Waals surface area contributed by atoms with Crippen LogP contribution in [0.4, 0.5) is 0 Å². The Morgan fingerprint density at radius 2 is 1.53 bits per heavy atom. The van der Waals surface area contributed by atoms with Crippen molar-refractivity contribution in [2.75, 3.05) is 6.61 Å². The van der Waals surface area contributed by atoms with Gasteiger partial charge in [-0.05, 0) is 79.5 Å². The second kappa shape index (κ2) is 10.4. The van der Waals surface area contributed by atoms with Gasteiger partial charge in [0.2, 0.25) is 0 Å². The standard InChI is InChI=1S/C28H34O2/c1-5-29-22(2)24-16-18-25(19-17-24)28(3,4)20-10-12-23-11-9-15-27(21-23)30-26-13-7-6-8-14-26/h6-9,11,13-19,21-22H,5,10,12,20H2,1-4H3. The number of para-hydroxylation sites is 1. The van der Waals surface area contributed by atoms with E-state index < -0.39 is 0 Å². The summed E-state index contributed by atoms with van der Waals surface area (Å²) in [6, 6.07) is 27.3. The molecule has 0 fully saturated rings. The first-order chi connectivity index (χ1) is 14.5. The quantitative estimate of drug-likeness (QED) is 0.343. The summed E-state index contributed by atoms with van der Waals surface area (Å²) < 4.78 is 11.7. The van der Waals surface area contributed by atoms with Gasteiger partial charge in [0.25, 0.3) is 0 Å². The minimum Gasteiger partial charge on any atom is -0.457 e. The van der Waals surface area contributed by atoms with Crippen LogP contribution in [-0.2, 0) is 16.6 Å². The van der Waals surface area contributed by atoms with Crippen LogP contribution in [0.15, 0.2) is 78.9 Å². The third-order valence-corrected chi connectivity index (χ3v) is 5.72. The lowest BCUT2D eigenvalue weighted by Gasteiger charge is -2.26. The first-order valence-corrected chi connectivity index (χ1v) is 11.0. The van der Waals surface area contributed by atoms with Gasteiger partial charge in [0.15, 0.2) is 0 Å². The summed E-state index contributed by atoms with van der Waals surface area (Å²) in [7, 11) is 0. The normalized spacial score (nSPS) is 12.5. The average Bonchev–Trinajstić information content (AvgIpc) is 2.75. The maximum absolute atomic E-state index is 5.97. The van der Waals surface area contributed by atoms with Crippen LogP contribution >= 0.6 is 0 Å². The van der Waals surface area contributed by atoms with Crippen molar-refractivity contribution in [3.05, 3.63) is 95.6 Å². The molecule has 0 N–H and O–H groups in total. The van der Waals surface area contributed by atoms with Gasteiger partial charge in [-0.15, -0.1) is 0 Å². The lowest BCUT2D eigenvalue weighted by Crippen LogP contribution is -2.17. The number of benzene rings is 3. The molecule has 2 nitrogen and oxygen atoms in total. The summed E-state index contributed by atoms with van der Waals surface area (Å²) in [5, 5.41) is 0. The van der Waals surface area contributed by atoms with Crippen molar-refractivity contribution < 1.29 is 9.47 Å². The molecule has 3 aromatic carbocycles. The summed E-state index contributed by atoms with van der Waals surface area (Å²) in [5.41, 5.74) is 4.09. The van der Waals surface area contributed by atoms with Crippen molar-refractivity contribution in [1.29, 1.82) is 0 Å². The molecule has 3 rings (SSSR count). The molecule has 3 aromatic rings. The Morgan fingerprint density at radius 1 is 0.833 bits per heavy atom. The zero-order valence-electron chi connectivity index (χ0n) is 18.7. The van der Waals surface area contributed by atoms with E-state index in [-0.39, 0.29) is 11.5 Å². The molecule has 1 atom stereocenters. The van der Waals surface area contributed by atoms with Crippen LogP contribution in [0.5, 0.6) is 11.5 Å². The Morgan fingerprint density at radius 3 is 2.23 bits per heavy atom. The summed E-state index contributed by atoms with van der Waals surface area (Å²) in [5.74, 6) is 1.77. The van der Waals surface area contributed by atoms with Crippen molar-refractivity contribution in [2.24, 2.45) is 0 Å². The van der Waals surface area contributed by atoms with E-state index in [0.29, 0.717) is 0 Å². The second-order valence-electron chi connectivity index (χ2n) is 8.52. The Hall–Kier alpha value is -2.58. The molecule has 0 bridgehead atoms. The number of hydrogen-bond acceptors (Lipinski definition) is 2. The Labute approximate surface area is 181 Å². The summed E-state index contributed by atoms with van der Waals surface area (Å²) >= 11 is 0. The summed E-state index contributed by atoms with van der Waals surface area (Å²) in [6.45, 7) is 9.56. The zero-order valence-corrected chi connectivity index (χ0v) is 18.7. The van der Waals surface area contributed by atoms with Crippen molar-refractivity contribution in [3.8, 4) is 11.5 Å². The minimum absolute atomic E-state index is 0.144. The maximum atomic E-state index is 5.97. The van der Waals surface area contributed by atoms with Gasteiger partial charge < -0.3 is 9.47 Å². The number of aryl methyl sites for hydroxylation is 1. The Bertz CT molecular complexity index is 897. The van der Waals surface area contributed by atoms with Crippen molar-refractivity contribution in [1.82, 2.24) is 0 Å². The Balaban J connectivity index is 1.55. The highest BCUT2D eigenvalue weighted by molar-refractivity contribution is 5.34. The van der Waals surface area contributed by atoms with Crippen LogP contribution in [0.1, 0.15) is 63.3 Å². The molecule has 0 saturated carbocycles. The largest absolute Gasteiger partial charge is 0.457 e. The molecule has 0 radical (unpaired) electrons. The summed E-state index contributed by atoms with van der Waals surface area (Å²) in [6.07, 6.45) is 3.47. The highest BCUT2D eigenvalue weighted by Crippen LogP contribution is 2.31. The van der Waals surface area contributed by atoms with E-state index >= 15 is 0 Å². The van der Waals surface area contributed by atoms with E-state index in [0.717, 1.165) is 37.4 Å².